The number of nitrogens with one attached hydrogen (secondary N) is 1. The van der Waals surface area contributed by atoms with Crippen LogP contribution in [0.3, 0.4) is 0 Å². The van der Waals surface area contributed by atoms with Crippen molar-refractivity contribution in [2.45, 2.75) is 20.8 Å². The first-order chi connectivity index (χ1) is 9.54. The molecule has 0 atom stereocenters. The first-order valence-electron chi connectivity index (χ1n) is 6.28. The number of aromatic nitrogens is 1. The van der Waals surface area contributed by atoms with Crippen LogP contribution in [0.2, 0.25) is 0 Å². The van der Waals surface area contributed by atoms with Crippen LogP contribution in [-0.2, 0) is 0 Å². The summed E-state index contributed by atoms with van der Waals surface area (Å²) in [6.45, 7) is 6.06. The fourth-order valence-corrected chi connectivity index (χ4v) is 4.04. The standard InChI is InChI=1S/C15H14N2OS2/c1-8-6-10(3)12-11(7-8)20-15(16-12)17-14(18)13-9(2)4-5-19-13/h4-7H,1-3H3,(H,16,17,18). The van der Waals surface area contributed by atoms with E-state index in [-0.39, 0.29) is 5.91 Å². The van der Waals surface area contributed by atoms with Crippen LogP contribution in [0.15, 0.2) is 23.6 Å². The molecule has 1 N–H and O–H groups in total. The molecule has 102 valence electrons. The van der Waals surface area contributed by atoms with Crippen molar-refractivity contribution in [3.05, 3.63) is 45.1 Å². The summed E-state index contributed by atoms with van der Waals surface area (Å²) >= 11 is 2.97. The Bertz CT molecular complexity index is 801. The number of carbonyl (C=O) groups excluding carboxylic acids is 1. The van der Waals surface area contributed by atoms with E-state index < -0.39 is 0 Å². The summed E-state index contributed by atoms with van der Waals surface area (Å²) in [7, 11) is 0. The third kappa shape index (κ3) is 2.34. The van der Waals surface area contributed by atoms with Gasteiger partial charge in [-0.25, -0.2) is 4.98 Å². The van der Waals surface area contributed by atoms with Gasteiger partial charge in [-0.05, 0) is 55.0 Å². The third-order valence-corrected chi connectivity index (χ3v) is 5.05. The lowest BCUT2D eigenvalue weighted by Crippen LogP contribution is -2.10. The summed E-state index contributed by atoms with van der Waals surface area (Å²) < 4.78 is 1.11. The molecule has 5 heteroatoms. The van der Waals surface area contributed by atoms with Gasteiger partial charge in [-0.2, -0.15) is 0 Å². The molecule has 3 rings (SSSR count). The summed E-state index contributed by atoms with van der Waals surface area (Å²) in [4.78, 5) is 17.5. The highest BCUT2D eigenvalue weighted by Gasteiger charge is 2.14. The molecule has 0 aliphatic rings. The van der Waals surface area contributed by atoms with Gasteiger partial charge in [-0.3, -0.25) is 10.1 Å². The highest BCUT2D eigenvalue weighted by atomic mass is 32.1. The van der Waals surface area contributed by atoms with Gasteiger partial charge < -0.3 is 0 Å². The van der Waals surface area contributed by atoms with Crippen molar-refractivity contribution in [1.29, 1.82) is 0 Å². The Morgan fingerprint density at radius 2 is 2.00 bits per heavy atom. The van der Waals surface area contributed by atoms with Crippen molar-refractivity contribution < 1.29 is 4.79 Å². The Hall–Kier alpha value is -1.72. The van der Waals surface area contributed by atoms with E-state index >= 15 is 0 Å². The number of hydrogen-bond acceptors (Lipinski definition) is 4. The molecule has 0 aliphatic carbocycles. The minimum Gasteiger partial charge on any atom is -0.297 e. The summed E-state index contributed by atoms with van der Waals surface area (Å²) in [5.74, 6) is -0.0778. The zero-order valence-corrected chi connectivity index (χ0v) is 13.1. The van der Waals surface area contributed by atoms with E-state index in [0.29, 0.717) is 5.13 Å². The normalized spacial score (nSPS) is 10.9. The van der Waals surface area contributed by atoms with Gasteiger partial charge in [0.2, 0.25) is 0 Å². The summed E-state index contributed by atoms with van der Waals surface area (Å²) in [5.41, 5.74) is 4.33. The fraction of sp³-hybridized carbons (Fsp3) is 0.200. The number of hydrogen-bond donors (Lipinski definition) is 1. The van der Waals surface area contributed by atoms with Crippen molar-refractivity contribution in [1.82, 2.24) is 4.98 Å². The van der Waals surface area contributed by atoms with Gasteiger partial charge in [0.05, 0.1) is 15.1 Å². The van der Waals surface area contributed by atoms with Gasteiger partial charge in [0.25, 0.3) is 5.91 Å². The molecule has 3 aromatic rings. The molecule has 2 aromatic heterocycles. The highest BCUT2D eigenvalue weighted by Crippen LogP contribution is 2.30. The van der Waals surface area contributed by atoms with Crippen LogP contribution >= 0.6 is 22.7 Å². The quantitative estimate of drug-likeness (QED) is 0.755. The van der Waals surface area contributed by atoms with Gasteiger partial charge in [-0.1, -0.05) is 17.4 Å². The first-order valence-corrected chi connectivity index (χ1v) is 7.97. The van der Waals surface area contributed by atoms with E-state index in [0.717, 1.165) is 26.2 Å². The van der Waals surface area contributed by atoms with Crippen LogP contribution in [0.1, 0.15) is 26.4 Å². The Labute approximate surface area is 125 Å². The first kappa shape index (κ1) is 13.3. The SMILES string of the molecule is Cc1cc(C)c2nc(NC(=O)c3sccc3C)sc2c1. The molecule has 0 spiro atoms. The lowest BCUT2D eigenvalue weighted by atomic mass is 10.1. The van der Waals surface area contributed by atoms with Crippen LogP contribution in [0.25, 0.3) is 10.2 Å². The molecule has 1 amide bonds. The number of thiophene rings is 1. The summed E-state index contributed by atoms with van der Waals surface area (Å²) in [6.07, 6.45) is 0. The second-order valence-electron chi connectivity index (χ2n) is 4.83. The molecule has 0 radical (unpaired) electrons. The Balaban J connectivity index is 1.94. The van der Waals surface area contributed by atoms with E-state index in [1.54, 1.807) is 0 Å². The molecule has 3 nitrogen and oxygen atoms in total. The van der Waals surface area contributed by atoms with Crippen LogP contribution in [0.4, 0.5) is 5.13 Å². The van der Waals surface area contributed by atoms with Crippen LogP contribution in [0, 0.1) is 20.8 Å². The topological polar surface area (TPSA) is 42.0 Å². The second kappa shape index (κ2) is 5.00. The lowest BCUT2D eigenvalue weighted by Gasteiger charge is -1.99. The fourth-order valence-electron chi connectivity index (χ4n) is 2.18. The zero-order valence-electron chi connectivity index (χ0n) is 11.5. The molecule has 0 fully saturated rings. The molecular formula is C15H14N2OS2. The zero-order chi connectivity index (χ0) is 14.3. The van der Waals surface area contributed by atoms with E-state index in [9.17, 15) is 4.79 Å². The number of amides is 1. The monoisotopic (exact) mass is 302 g/mol. The number of aryl methyl sites for hydroxylation is 3. The van der Waals surface area contributed by atoms with Crippen LogP contribution in [-0.4, -0.2) is 10.9 Å². The predicted molar refractivity (Wildman–Crippen MR) is 86.1 cm³/mol. The Kier molecular flexibility index (Phi) is 3.31. The largest absolute Gasteiger partial charge is 0.297 e. The lowest BCUT2D eigenvalue weighted by molar-refractivity contribution is 0.103. The predicted octanol–water partition coefficient (Wildman–Crippen LogP) is 4.54. The third-order valence-electron chi connectivity index (χ3n) is 3.12. The summed E-state index contributed by atoms with van der Waals surface area (Å²) in [6, 6.07) is 6.16. The molecule has 0 saturated carbocycles. The number of anilines is 1. The summed E-state index contributed by atoms with van der Waals surface area (Å²) in [5, 5.41) is 5.49. The number of carbonyl (C=O) groups is 1. The molecule has 0 unspecified atom stereocenters. The van der Waals surface area contributed by atoms with E-state index in [4.69, 9.17) is 0 Å². The van der Waals surface area contributed by atoms with Crippen LogP contribution < -0.4 is 5.32 Å². The molecule has 0 saturated heterocycles. The van der Waals surface area contributed by atoms with Gasteiger partial charge in [0, 0.05) is 0 Å². The molecule has 0 bridgehead atoms. The van der Waals surface area contributed by atoms with Gasteiger partial charge in [-0.15, -0.1) is 11.3 Å². The maximum absolute atomic E-state index is 12.2. The van der Waals surface area contributed by atoms with Gasteiger partial charge in [0.15, 0.2) is 5.13 Å². The van der Waals surface area contributed by atoms with Crippen molar-refractivity contribution in [2.24, 2.45) is 0 Å². The van der Waals surface area contributed by atoms with Crippen molar-refractivity contribution in [2.75, 3.05) is 5.32 Å². The van der Waals surface area contributed by atoms with Crippen molar-refractivity contribution >= 4 is 43.9 Å². The van der Waals surface area contributed by atoms with Gasteiger partial charge >= 0.3 is 0 Å². The number of rotatable bonds is 2. The minimum atomic E-state index is -0.0778. The van der Waals surface area contributed by atoms with Crippen molar-refractivity contribution in [3.63, 3.8) is 0 Å². The number of benzene rings is 1. The highest BCUT2D eigenvalue weighted by molar-refractivity contribution is 7.22. The van der Waals surface area contributed by atoms with E-state index in [1.807, 2.05) is 25.3 Å². The second-order valence-corrected chi connectivity index (χ2v) is 6.78. The Morgan fingerprint density at radius 3 is 2.70 bits per heavy atom. The maximum atomic E-state index is 12.2. The van der Waals surface area contributed by atoms with E-state index in [2.05, 4.69) is 29.4 Å². The molecule has 1 aromatic carbocycles. The number of fused-ring (bicyclic) bond motifs is 1. The maximum Gasteiger partial charge on any atom is 0.267 e. The smallest absolute Gasteiger partial charge is 0.267 e. The number of thiazole rings is 1. The molecular weight excluding hydrogens is 288 g/mol. The average molecular weight is 302 g/mol. The molecule has 20 heavy (non-hydrogen) atoms. The minimum absolute atomic E-state index is 0.0778. The van der Waals surface area contributed by atoms with E-state index in [1.165, 1.54) is 28.2 Å². The van der Waals surface area contributed by atoms with Crippen molar-refractivity contribution in [3.8, 4) is 0 Å². The van der Waals surface area contributed by atoms with Gasteiger partial charge in [0.1, 0.15) is 0 Å². The molecule has 2 heterocycles. The Morgan fingerprint density at radius 1 is 1.20 bits per heavy atom. The average Bonchev–Trinajstić information content (AvgIpc) is 2.95. The number of nitrogens with zero attached hydrogens (tertiary/aromatic N) is 1. The van der Waals surface area contributed by atoms with Crippen LogP contribution in [0.5, 0.6) is 0 Å². The molecule has 0 aliphatic heterocycles.